The van der Waals surface area contributed by atoms with Gasteiger partial charge in [0, 0.05) is 33.9 Å². The minimum atomic E-state index is -3.56. The van der Waals surface area contributed by atoms with Crippen LogP contribution in [0.2, 0.25) is 0 Å². The zero-order valence-electron chi connectivity index (χ0n) is 17.2. The molecule has 3 N–H and O–H groups in total. The van der Waals surface area contributed by atoms with Crippen molar-refractivity contribution in [2.45, 2.75) is 37.8 Å². The molecule has 0 aliphatic carbocycles. The lowest BCUT2D eigenvalue weighted by Crippen LogP contribution is -2.45. The molecule has 28 heavy (non-hydrogen) atoms. The topological polar surface area (TPSA) is 101 Å². The van der Waals surface area contributed by atoms with E-state index >= 15 is 0 Å². The van der Waals surface area contributed by atoms with Gasteiger partial charge in [-0.1, -0.05) is 12.1 Å². The van der Waals surface area contributed by atoms with Gasteiger partial charge >= 0.3 is 0 Å². The van der Waals surface area contributed by atoms with E-state index in [0.717, 1.165) is 12.1 Å². The lowest BCUT2D eigenvalue weighted by atomic mass is 10.1. The van der Waals surface area contributed by atoms with Crippen molar-refractivity contribution in [2.24, 2.45) is 4.99 Å². The van der Waals surface area contributed by atoms with Gasteiger partial charge in [-0.15, -0.1) is 24.0 Å². The smallest absolute Gasteiger partial charge is 0.240 e. The number of sulfonamides is 1. The normalized spacial score (nSPS) is 12.4. The fraction of sp³-hybridized carbons (Fsp3) is 0.611. The molecule has 0 saturated heterocycles. The Hall–Kier alpha value is -0.950. The van der Waals surface area contributed by atoms with E-state index in [4.69, 9.17) is 9.47 Å². The molecule has 0 bridgehead atoms. The second-order valence-corrected chi connectivity index (χ2v) is 8.32. The van der Waals surface area contributed by atoms with Crippen LogP contribution in [-0.4, -0.2) is 60.4 Å². The van der Waals surface area contributed by atoms with Crippen molar-refractivity contribution in [2.75, 3.05) is 40.5 Å². The molecule has 0 heterocycles. The maximum Gasteiger partial charge on any atom is 0.240 e. The van der Waals surface area contributed by atoms with E-state index in [1.807, 2.05) is 26.8 Å². The Morgan fingerprint density at radius 1 is 1.21 bits per heavy atom. The highest BCUT2D eigenvalue weighted by molar-refractivity contribution is 14.0. The first-order valence-corrected chi connectivity index (χ1v) is 10.4. The first kappa shape index (κ1) is 27.0. The van der Waals surface area contributed by atoms with E-state index in [0.29, 0.717) is 25.7 Å². The number of nitrogens with one attached hydrogen (secondary N) is 3. The van der Waals surface area contributed by atoms with Crippen molar-refractivity contribution >= 4 is 40.0 Å². The van der Waals surface area contributed by atoms with Crippen LogP contribution in [0.25, 0.3) is 0 Å². The van der Waals surface area contributed by atoms with Crippen LogP contribution in [0.1, 0.15) is 26.3 Å². The largest absolute Gasteiger partial charge is 0.383 e. The molecule has 0 atom stereocenters. The van der Waals surface area contributed by atoms with Gasteiger partial charge in [-0.05, 0) is 38.5 Å². The zero-order valence-corrected chi connectivity index (χ0v) is 20.4. The van der Waals surface area contributed by atoms with Crippen LogP contribution < -0.4 is 15.4 Å². The molecule has 8 nitrogen and oxygen atoms in total. The molecule has 1 aromatic rings. The van der Waals surface area contributed by atoms with Crippen molar-refractivity contribution in [1.29, 1.82) is 0 Å². The van der Waals surface area contributed by atoms with Crippen LogP contribution in [0, 0.1) is 0 Å². The predicted octanol–water partition coefficient (Wildman–Crippen LogP) is 1.71. The van der Waals surface area contributed by atoms with Gasteiger partial charge in [0.2, 0.25) is 10.0 Å². The molecule has 0 aromatic heterocycles. The minimum Gasteiger partial charge on any atom is -0.383 e. The van der Waals surface area contributed by atoms with Crippen molar-refractivity contribution in [3.8, 4) is 0 Å². The van der Waals surface area contributed by atoms with Crippen LogP contribution in [0.5, 0.6) is 0 Å². The van der Waals surface area contributed by atoms with Crippen LogP contribution in [0.15, 0.2) is 34.2 Å². The number of nitrogens with zero attached hydrogens (tertiary/aromatic N) is 1. The number of ether oxygens (including phenoxy) is 2. The Labute approximate surface area is 185 Å². The molecule has 10 heteroatoms. The Morgan fingerprint density at radius 2 is 1.93 bits per heavy atom. The molecule has 0 fully saturated rings. The fourth-order valence-corrected chi connectivity index (χ4v) is 3.14. The number of guanidine groups is 1. The summed E-state index contributed by atoms with van der Waals surface area (Å²) in [7, 11) is -0.374. The van der Waals surface area contributed by atoms with Crippen LogP contribution in [-0.2, 0) is 26.0 Å². The lowest BCUT2D eigenvalue weighted by molar-refractivity contribution is 0.0268. The van der Waals surface area contributed by atoms with E-state index in [9.17, 15) is 8.42 Å². The van der Waals surface area contributed by atoms with E-state index in [1.54, 1.807) is 25.3 Å². The quantitative estimate of drug-likeness (QED) is 0.175. The van der Waals surface area contributed by atoms with Gasteiger partial charge < -0.3 is 20.1 Å². The van der Waals surface area contributed by atoms with Gasteiger partial charge in [-0.25, -0.2) is 18.1 Å². The van der Waals surface area contributed by atoms with Crippen LogP contribution >= 0.6 is 24.0 Å². The van der Waals surface area contributed by atoms with E-state index in [2.05, 4.69) is 20.3 Å². The van der Waals surface area contributed by atoms with Crippen molar-refractivity contribution in [3.63, 3.8) is 0 Å². The maximum absolute atomic E-state index is 12.3. The first-order valence-electron chi connectivity index (χ1n) is 8.89. The molecule has 0 unspecified atom stereocenters. The Kier molecular flexibility index (Phi) is 12.9. The minimum absolute atomic E-state index is 0. The van der Waals surface area contributed by atoms with Crippen molar-refractivity contribution < 1.29 is 17.9 Å². The maximum atomic E-state index is 12.3. The van der Waals surface area contributed by atoms with Crippen LogP contribution in [0.4, 0.5) is 0 Å². The lowest BCUT2D eigenvalue weighted by Gasteiger charge is -2.24. The number of rotatable bonds is 11. The summed E-state index contributed by atoms with van der Waals surface area (Å²) in [6.07, 6.45) is 0. The van der Waals surface area contributed by atoms with E-state index in [1.165, 1.54) is 7.11 Å². The van der Waals surface area contributed by atoms with Gasteiger partial charge in [0.1, 0.15) is 0 Å². The molecule has 0 aliphatic heterocycles. The zero-order chi connectivity index (χ0) is 20.3. The van der Waals surface area contributed by atoms with Crippen molar-refractivity contribution in [3.05, 3.63) is 29.8 Å². The standard InChI is InChI=1S/C18H32N4O4S.HI/c1-6-19-17(21-14-18(2,3)26-5)20-13-15-8-7-9-16(12-15)27(23,24)22-10-11-25-4;/h7-9,12,22H,6,10-11,13-14H2,1-5H3,(H2,19,20,21);1H. The summed E-state index contributed by atoms with van der Waals surface area (Å²) in [6, 6.07) is 6.75. The third kappa shape index (κ3) is 10.0. The highest BCUT2D eigenvalue weighted by Gasteiger charge is 2.17. The molecule has 0 aliphatic rings. The van der Waals surface area contributed by atoms with Gasteiger partial charge in [0.15, 0.2) is 5.96 Å². The van der Waals surface area contributed by atoms with Crippen molar-refractivity contribution in [1.82, 2.24) is 15.4 Å². The monoisotopic (exact) mass is 528 g/mol. The van der Waals surface area contributed by atoms with E-state index < -0.39 is 10.0 Å². The first-order chi connectivity index (χ1) is 12.7. The number of hydrogen-bond acceptors (Lipinski definition) is 5. The number of benzene rings is 1. The number of hydrogen-bond donors (Lipinski definition) is 3. The average molecular weight is 528 g/mol. The molecular formula is C18H33IN4O4S. The van der Waals surface area contributed by atoms with Crippen LogP contribution in [0.3, 0.4) is 0 Å². The fourth-order valence-electron chi connectivity index (χ4n) is 2.05. The molecule has 162 valence electrons. The van der Waals surface area contributed by atoms with Gasteiger partial charge in [0.05, 0.1) is 23.6 Å². The summed E-state index contributed by atoms with van der Waals surface area (Å²) in [4.78, 5) is 4.74. The second-order valence-electron chi connectivity index (χ2n) is 6.55. The SMILES string of the molecule is CCNC(=NCc1cccc(S(=O)(=O)NCCOC)c1)NCC(C)(C)OC.I. The molecule has 0 saturated carbocycles. The molecule has 0 radical (unpaired) electrons. The van der Waals surface area contributed by atoms with Gasteiger partial charge in [0.25, 0.3) is 0 Å². The summed E-state index contributed by atoms with van der Waals surface area (Å²) < 4.78 is 37.4. The molecule has 1 rings (SSSR count). The van der Waals surface area contributed by atoms with Gasteiger partial charge in [-0.2, -0.15) is 0 Å². The Morgan fingerprint density at radius 3 is 2.54 bits per heavy atom. The Bertz CT molecular complexity index is 711. The summed E-state index contributed by atoms with van der Waals surface area (Å²) in [6.45, 7) is 8.15. The highest BCUT2D eigenvalue weighted by atomic mass is 127. The summed E-state index contributed by atoms with van der Waals surface area (Å²) >= 11 is 0. The molecular weight excluding hydrogens is 495 g/mol. The molecule has 0 amide bonds. The number of halogens is 1. The molecule has 0 spiro atoms. The number of aliphatic imine (C=N–C) groups is 1. The third-order valence-electron chi connectivity index (χ3n) is 3.81. The third-order valence-corrected chi connectivity index (χ3v) is 5.26. The predicted molar refractivity (Wildman–Crippen MR) is 123 cm³/mol. The van der Waals surface area contributed by atoms with E-state index in [-0.39, 0.29) is 41.0 Å². The van der Waals surface area contributed by atoms with Gasteiger partial charge in [-0.3, -0.25) is 0 Å². The average Bonchev–Trinajstić information content (AvgIpc) is 2.64. The number of methoxy groups -OCH3 is 2. The second kappa shape index (κ2) is 13.3. The summed E-state index contributed by atoms with van der Waals surface area (Å²) in [5.74, 6) is 0.647. The summed E-state index contributed by atoms with van der Waals surface area (Å²) in [5, 5.41) is 6.40. The Balaban J connectivity index is 0.00000729. The molecule has 1 aromatic carbocycles. The summed E-state index contributed by atoms with van der Waals surface area (Å²) in [5.41, 5.74) is 0.478. The highest BCUT2D eigenvalue weighted by Crippen LogP contribution is 2.12.